The molecule has 0 saturated carbocycles. The minimum Gasteiger partial charge on any atom is -0.211 e. The van der Waals surface area contributed by atoms with Gasteiger partial charge in [-0.2, -0.15) is 0 Å². The zero-order valence-corrected chi connectivity index (χ0v) is 15.3. The van der Waals surface area contributed by atoms with Crippen molar-refractivity contribution in [1.82, 2.24) is 5.14 Å². The molecular weight excluding hydrogens is 306 g/mol. The smallest absolute Gasteiger partial charge is 0.211 e. The fraction of sp³-hybridized carbons (Fsp3) is 0.684. The Kier molecular flexibility index (Phi) is 10.2. The predicted molar refractivity (Wildman–Crippen MR) is 97.8 cm³/mol. The number of hydrogen-bond acceptors (Lipinski definition) is 2. The molecule has 0 fully saturated rings. The lowest BCUT2D eigenvalue weighted by molar-refractivity contribution is 0.534. The standard InChI is InChI=1S/C19H32NO2S/c1-2-3-4-5-6-7-8-9-13-16-19(23(20,21)22)17-18-14-11-10-12-15-18/h10-12,14-15,19-20H,2-9,13,16-17H2,1H3. The summed E-state index contributed by atoms with van der Waals surface area (Å²) in [7, 11) is -3.72. The van der Waals surface area contributed by atoms with Gasteiger partial charge in [0.25, 0.3) is 0 Å². The molecule has 1 radical (unpaired) electrons. The normalized spacial score (nSPS) is 13.1. The molecule has 0 bridgehead atoms. The van der Waals surface area contributed by atoms with Crippen LogP contribution in [0.15, 0.2) is 30.3 Å². The topological polar surface area (TPSA) is 57.9 Å². The molecule has 1 aromatic carbocycles. The van der Waals surface area contributed by atoms with Crippen LogP contribution >= 0.6 is 0 Å². The van der Waals surface area contributed by atoms with E-state index < -0.39 is 15.3 Å². The molecule has 0 aliphatic heterocycles. The minimum absolute atomic E-state index is 0.462. The maximum Gasteiger partial charge on any atom is 0.228 e. The van der Waals surface area contributed by atoms with Crippen LogP contribution in [0.2, 0.25) is 0 Å². The van der Waals surface area contributed by atoms with Gasteiger partial charge in [-0.25, -0.2) is 8.42 Å². The molecule has 0 aromatic heterocycles. The van der Waals surface area contributed by atoms with E-state index in [1.165, 1.54) is 44.9 Å². The number of nitrogens with one attached hydrogen (secondary N) is 1. The molecule has 0 heterocycles. The third-order valence-electron chi connectivity index (χ3n) is 4.37. The van der Waals surface area contributed by atoms with Gasteiger partial charge in [0.15, 0.2) is 0 Å². The van der Waals surface area contributed by atoms with E-state index >= 15 is 0 Å². The maximum atomic E-state index is 11.7. The van der Waals surface area contributed by atoms with E-state index in [0.717, 1.165) is 18.4 Å². The molecule has 1 N–H and O–H groups in total. The van der Waals surface area contributed by atoms with E-state index in [0.29, 0.717) is 12.8 Å². The zero-order chi connectivity index (χ0) is 17.0. The summed E-state index contributed by atoms with van der Waals surface area (Å²) in [6.07, 6.45) is 12.1. The number of unbranched alkanes of at least 4 members (excludes halogenated alkanes) is 8. The SMILES string of the molecule is CCCCCCCCCCCC(Cc1ccccc1)S([NH])(=O)=O. The average molecular weight is 339 g/mol. The molecular formula is C19H32NO2S. The Morgan fingerprint density at radius 3 is 1.91 bits per heavy atom. The van der Waals surface area contributed by atoms with Crippen molar-refractivity contribution in [2.75, 3.05) is 0 Å². The second kappa shape index (κ2) is 11.6. The van der Waals surface area contributed by atoms with E-state index in [1.807, 2.05) is 30.3 Å². The molecule has 1 rings (SSSR count). The number of sulfonamides is 1. The molecule has 0 aliphatic rings. The first-order chi connectivity index (χ1) is 11.0. The predicted octanol–water partition coefficient (Wildman–Crippen LogP) is 5.13. The van der Waals surface area contributed by atoms with Crippen LogP contribution in [0.1, 0.15) is 76.7 Å². The Balaban J connectivity index is 2.23. The van der Waals surface area contributed by atoms with Crippen LogP contribution in [0.25, 0.3) is 0 Å². The molecule has 0 saturated heterocycles. The molecule has 1 aromatic rings. The van der Waals surface area contributed by atoms with Crippen LogP contribution in [0.4, 0.5) is 0 Å². The summed E-state index contributed by atoms with van der Waals surface area (Å²) < 4.78 is 23.3. The third-order valence-corrected chi connectivity index (χ3v) is 5.65. The fourth-order valence-electron chi connectivity index (χ4n) is 2.93. The van der Waals surface area contributed by atoms with Crippen molar-refractivity contribution in [1.29, 1.82) is 0 Å². The third kappa shape index (κ3) is 9.77. The van der Waals surface area contributed by atoms with E-state index in [1.54, 1.807) is 0 Å². The van der Waals surface area contributed by atoms with Crippen molar-refractivity contribution >= 4 is 10.0 Å². The van der Waals surface area contributed by atoms with Gasteiger partial charge in [0.2, 0.25) is 10.0 Å². The molecule has 23 heavy (non-hydrogen) atoms. The van der Waals surface area contributed by atoms with Crippen molar-refractivity contribution in [3.8, 4) is 0 Å². The second-order valence-electron chi connectivity index (χ2n) is 6.47. The van der Waals surface area contributed by atoms with Crippen molar-refractivity contribution in [3.63, 3.8) is 0 Å². The Bertz CT molecular complexity index is 499. The quantitative estimate of drug-likeness (QED) is 0.468. The first kappa shape index (κ1) is 20.2. The monoisotopic (exact) mass is 338 g/mol. The minimum atomic E-state index is -3.72. The highest BCUT2D eigenvalue weighted by molar-refractivity contribution is 7.89. The summed E-state index contributed by atoms with van der Waals surface area (Å²) in [6.45, 7) is 2.23. The molecule has 1 atom stereocenters. The Morgan fingerprint density at radius 1 is 0.870 bits per heavy atom. The Morgan fingerprint density at radius 2 is 1.39 bits per heavy atom. The molecule has 1 unspecified atom stereocenters. The first-order valence-corrected chi connectivity index (χ1v) is 10.6. The zero-order valence-electron chi connectivity index (χ0n) is 14.5. The molecule has 0 aliphatic carbocycles. The van der Waals surface area contributed by atoms with Gasteiger partial charge < -0.3 is 0 Å². The van der Waals surface area contributed by atoms with Gasteiger partial charge >= 0.3 is 0 Å². The average Bonchev–Trinajstić information content (AvgIpc) is 2.52. The Labute approximate surface area is 142 Å². The highest BCUT2D eigenvalue weighted by Gasteiger charge is 2.21. The van der Waals surface area contributed by atoms with Crippen LogP contribution in [0.3, 0.4) is 0 Å². The maximum absolute atomic E-state index is 11.7. The van der Waals surface area contributed by atoms with Gasteiger partial charge in [-0.1, -0.05) is 95.0 Å². The fourth-order valence-corrected chi connectivity index (χ4v) is 3.82. The van der Waals surface area contributed by atoms with E-state index in [2.05, 4.69) is 6.92 Å². The molecule has 0 spiro atoms. The number of rotatable bonds is 13. The van der Waals surface area contributed by atoms with E-state index in [-0.39, 0.29) is 0 Å². The lowest BCUT2D eigenvalue weighted by atomic mass is 10.0. The summed E-state index contributed by atoms with van der Waals surface area (Å²) in [5.74, 6) is 0. The van der Waals surface area contributed by atoms with Crippen molar-refractivity contribution in [3.05, 3.63) is 35.9 Å². The van der Waals surface area contributed by atoms with Crippen molar-refractivity contribution in [2.45, 2.75) is 82.8 Å². The summed E-state index contributed by atoms with van der Waals surface area (Å²) in [5.41, 5.74) is 1.00. The van der Waals surface area contributed by atoms with Crippen LogP contribution in [0.5, 0.6) is 0 Å². The van der Waals surface area contributed by atoms with E-state index in [9.17, 15) is 8.42 Å². The van der Waals surface area contributed by atoms with Gasteiger partial charge in [-0.05, 0) is 18.4 Å². The lowest BCUT2D eigenvalue weighted by Crippen LogP contribution is -2.24. The van der Waals surface area contributed by atoms with E-state index in [4.69, 9.17) is 5.14 Å². The summed E-state index contributed by atoms with van der Waals surface area (Å²) >= 11 is 0. The number of benzene rings is 1. The highest BCUT2D eigenvalue weighted by Crippen LogP contribution is 2.17. The Hall–Kier alpha value is -0.870. The van der Waals surface area contributed by atoms with Crippen LogP contribution in [-0.2, 0) is 16.4 Å². The summed E-state index contributed by atoms with van der Waals surface area (Å²) in [5, 5.41) is 6.86. The van der Waals surface area contributed by atoms with Gasteiger partial charge in [0, 0.05) is 0 Å². The van der Waals surface area contributed by atoms with Crippen LogP contribution in [-0.4, -0.2) is 13.7 Å². The van der Waals surface area contributed by atoms with Gasteiger partial charge in [-0.3, -0.25) is 0 Å². The second-order valence-corrected chi connectivity index (χ2v) is 8.23. The summed E-state index contributed by atoms with van der Waals surface area (Å²) in [4.78, 5) is 0. The van der Waals surface area contributed by atoms with Gasteiger partial charge in [-0.15, -0.1) is 5.14 Å². The van der Waals surface area contributed by atoms with Crippen molar-refractivity contribution in [2.24, 2.45) is 0 Å². The molecule has 3 nitrogen and oxygen atoms in total. The molecule has 0 amide bonds. The largest absolute Gasteiger partial charge is 0.228 e. The summed E-state index contributed by atoms with van der Waals surface area (Å²) in [6, 6.07) is 9.64. The molecule has 4 heteroatoms. The lowest BCUT2D eigenvalue weighted by Gasteiger charge is -2.14. The first-order valence-electron chi connectivity index (χ1n) is 9.06. The highest BCUT2D eigenvalue weighted by atomic mass is 32.2. The van der Waals surface area contributed by atoms with Crippen molar-refractivity contribution < 1.29 is 8.42 Å². The van der Waals surface area contributed by atoms with Gasteiger partial charge in [0.1, 0.15) is 0 Å². The molecule has 131 valence electrons. The van der Waals surface area contributed by atoms with Crippen LogP contribution in [0, 0.1) is 0 Å². The van der Waals surface area contributed by atoms with Crippen LogP contribution < -0.4 is 5.14 Å². The van der Waals surface area contributed by atoms with Gasteiger partial charge in [0.05, 0.1) is 5.25 Å². The number of hydrogen-bond donors (Lipinski definition) is 0.